The van der Waals surface area contributed by atoms with Crippen LogP contribution < -0.4 is 0 Å². The monoisotopic (exact) mass is 241 g/mol. The molecule has 0 radical (unpaired) electrons. The van der Waals surface area contributed by atoms with Gasteiger partial charge < -0.3 is 0 Å². The van der Waals surface area contributed by atoms with E-state index in [0.717, 1.165) is 12.2 Å². The Morgan fingerprint density at radius 3 is 2.71 bits per heavy atom. The van der Waals surface area contributed by atoms with Gasteiger partial charge in [0.25, 0.3) is 0 Å². The molecule has 0 N–H and O–H groups in total. The zero-order valence-electron chi connectivity index (χ0n) is 9.15. The molecule has 0 aliphatic rings. The van der Waals surface area contributed by atoms with Crippen molar-refractivity contribution in [3.05, 3.63) is 59.6 Å². The minimum atomic E-state index is 0.758. The quantitative estimate of drug-likeness (QED) is 0.705. The molecule has 4 heteroatoms. The van der Waals surface area contributed by atoms with E-state index in [1.807, 2.05) is 35.1 Å². The van der Waals surface area contributed by atoms with E-state index in [2.05, 4.69) is 33.9 Å². The second-order valence-electron chi connectivity index (χ2n) is 3.74. The standard InChI is InChI=1S/C13H11N3S/c1-2-5-11(6-3-1)10-16-12(9-14-15-16)13-7-4-8-17-13/h1-9H,10H2. The van der Waals surface area contributed by atoms with Gasteiger partial charge in [0.15, 0.2) is 0 Å². The van der Waals surface area contributed by atoms with E-state index < -0.39 is 0 Å². The van der Waals surface area contributed by atoms with Crippen LogP contribution in [0.15, 0.2) is 54.0 Å². The van der Waals surface area contributed by atoms with Crippen molar-refractivity contribution in [1.29, 1.82) is 0 Å². The summed E-state index contributed by atoms with van der Waals surface area (Å²) in [5.41, 5.74) is 2.31. The first kappa shape index (κ1) is 10.2. The molecule has 0 aliphatic carbocycles. The van der Waals surface area contributed by atoms with Gasteiger partial charge in [-0.05, 0) is 17.0 Å². The van der Waals surface area contributed by atoms with Gasteiger partial charge >= 0.3 is 0 Å². The van der Waals surface area contributed by atoms with Crippen molar-refractivity contribution in [2.24, 2.45) is 0 Å². The molecule has 0 saturated carbocycles. The summed E-state index contributed by atoms with van der Waals surface area (Å²) in [6.45, 7) is 0.758. The van der Waals surface area contributed by atoms with E-state index in [9.17, 15) is 0 Å². The molecule has 3 rings (SSSR count). The minimum absolute atomic E-state index is 0.758. The fourth-order valence-electron chi connectivity index (χ4n) is 1.75. The third-order valence-electron chi connectivity index (χ3n) is 2.57. The van der Waals surface area contributed by atoms with Crippen LogP contribution in [0, 0.1) is 0 Å². The molecule has 0 aliphatic heterocycles. The third-order valence-corrected chi connectivity index (χ3v) is 3.46. The van der Waals surface area contributed by atoms with Gasteiger partial charge in [0.1, 0.15) is 0 Å². The first-order valence-electron chi connectivity index (χ1n) is 5.40. The van der Waals surface area contributed by atoms with E-state index in [-0.39, 0.29) is 0 Å². The zero-order valence-corrected chi connectivity index (χ0v) is 9.97. The Hall–Kier alpha value is -1.94. The summed E-state index contributed by atoms with van der Waals surface area (Å²) in [6.07, 6.45) is 1.81. The molecule has 3 aromatic rings. The van der Waals surface area contributed by atoms with Crippen molar-refractivity contribution in [3.8, 4) is 10.6 Å². The van der Waals surface area contributed by atoms with Crippen molar-refractivity contribution >= 4 is 11.3 Å². The highest BCUT2D eigenvalue weighted by molar-refractivity contribution is 7.13. The maximum atomic E-state index is 4.14. The van der Waals surface area contributed by atoms with E-state index in [1.165, 1.54) is 10.4 Å². The highest BCUT2D eigenvalue weighted by atomic mass is 32.1. The molecule has 0 bridgehead atoms. The molecule has 0 unspecified atom stereocenters. The number of hydrogen-bond acceptors (Lipinski definition) is 3. The summed E-state index contributed by atoms with van der Waals surface area (Å²) in [5.74, 6) is 0. The second-order valence-corrected chi connectivity index (χ2v) is 4.69. The second kappa shape index (κ2) is 4.51. The molecule has 2 heterocycles. The van der Waals surface area contributed by atoms with Gasteiger partial charge in [0.05, 0.1) is 23.3 Å². The Kier molecular flexibility index (Phi) is 2.71. The van der Waals surface area contributed by atoms with Crippen molar-refractivity contribution in [2.45, 2.75) is 6.54 Å². The lowest BCUT2D eigenvalue weighted by atomic mass is 10.2. The number of hydrogen-bond donors (Lipinski definition) is 0. The molecule has 84 valence electrons. The predicted molar refractivity (Wildman–Crippen MR) is 68.9 cm³/mol. The molecule has 17 heavy (non-hydrogen) atoms. The van der Waals surface area contributed by atoms with Crippen LogP contribution in [-0.2, 0) is 6.54 Å². The Morgan fingerprint density at radius 2 is 1.94 bits per heavy atom. The lowest BCUT2D eigenvalue weighted by Crippen LogP contribution is -2.03. The first-order chi connectivity index (χ1) is 8.43. The third kappa shape index (κ3) is 2.12. The Bertz CT molecular complexity index is 584. The first-order valence-corrected chi connectivity index (χ1v) is 6.28. The van der Waals surface area contributed by atoms with Crippen molar-refractivity contribution < 1.29 is 0 Å². The van der Waals surface area contributed by atoms with Crippen LogP contribution in [0.3, 0.4) is 0 Å². The minimum Gasteiger partial charge on any atom is -0.239 e. The molecule has 1 aromatic carbocycles. The summed E-state index contributed by atoms with van der Waals surface area (Å²) in [4.78, 5) is 1.20. The van der Waals surface area contributed by atoms with Gasteiger partial charge in [0.2, 0.25) is 0 Å². The van der Waals surface area contributed by atoms with Gasteiger partial charge in [-0.3, -0.25) is 0 Å². The van der Waals surface area contributed by atoms with E-state index in [4.69, 9.17) is 0 Å². The largest absolute Gasteiger partial charge is 0.239 e. The number of rotatable bonds is 3. The van der Waals surface area contributed by atoms with Gasteiger partial charge in [-0.15, -0.1) is 16.4 Å². The predicted octanol–water partition coefficient (Wildman–Crippen LogP) is 3.05. The average Bonchev–Trinajstić information content (AvgIpc) is 3.00. The number of nitrogens with zero attached hydrogens (tertiary/aromatic N) is 3. The van der Waals surface area contributed by atoms with Crippen LogP contribution >= 0.6 is 11.3 Å². The van der Waals surface area contributed by atoms with Crippen LogP contribution in [0.2, 0.25) is 0 Å². The van der Waals surface area contributed by atoms with Crippen LogP contribution in [0.5, 0.6) is 0 Å². The molecule has 0 saturated heterocycles. The van der Waals surface area contributed by atoms with Gasteiger partial charge in [-0.25, -0.2) is 4.68 Å². The summed E-state index contributed by atoms with van der Waals surface area (Å²) >= 11 is 1.70. The fraction of sp³-hybridized carbons (Fsp3) is 0.0769. The van der Waals surface area contributed by atoms with Gasteiger partial charge in [-0.2, -0.15) is 0 Å². The van der Waals surface area contributed by atoms with Gasteiger partial charge in [0, 0.05) is 0 Å². The maximum absolute atomic E-state index is 4.14. The Labute approximate surface area is 103 Å². The lowest BCUT2D eigenvalue weighted by Gasteiger charge is -2.04. The van der Waals surface area contributed by atoms with E-state index in [1.54, 1.807) is 11.3 Å². The molecule has 3 nitrogen and oxygen atoms in total. The van der Waals surface area contributed by atoms with Crippen LogP contribution in [0.25, 0.3) is 10.6 Å². The lowest BCUT2D eigenvalue weighted by molar-refractivity contribution is 0.656. The van der Waals surface area contributed by atoms with Crippen LogP contribution in [0.1, 0.15) is 5.56 Å². The van der Waals surface area contributed by atoms with Gasteiger partial charge in [-0.1, -0.05) is 41.6 Å². The summed E-state index contributed by atoms with van der Waals surface area (Å²) in [5, 5.41) is 10.2. The number of aromatic nitrogens is 3. The highest BCUT2D eigenvalue weighted by Gasteiger charge is 2.07. The molecule has 2 aromatic heterocycles. The van der Waals surface area contributed by atoms with Crippen molar-refractivity contribution in [1.82, 2.24) is 15.0 Å². The molecule has 0 amide bonds. The zero-order chi connectivity index (χ0) is 11.5. The Balaban J connectivity index is 1.92. The summed E-state index contributed by atoms with van der Waals surface area (Å²) in [7, 11) is 0. The maximum Gasteiger partial charge on any atom is 0.0989 e. The molecule has 0 fully saturated rings. The van der Waals surface area contributed by atoms with E-state index >= 15 is 0 Å². The molecular formula is C13H11N3S. The van der Waals surface area contributed by atoms with Crippen molar-refractivity contribution in [3.63, 3.8) is 0 Å². The summed E-state index contributed by atoms with van der Waals surface area (Å²) < 4.78 is 1.93. The van der Waals surface area contributed by atoms with Crippen molar-refractivity contribution in [2.75, 3.05) is 0 Å². The molecule has 0 atom stereocenters. The molecular weight excluding hydrogens is 230 g/mol. The Morgan fingerprint density at radius 1 is 1.06 bits per heavy atom. The topological polar surface area (TPSA) is 30.7 Å². The normalized spacial score (nSPS) is 10.6. The fourth-order valence-corrected chi connectivity index (χ4v) is 2.49. The highest BCUT2D eigenvalue weighted by Crippen LogP contribution is 2.23. The van der Waals surface area contributed by atoms with E-state index in [0.29, 0.717) is 0 Å². The summed E-state index contributed by atoms with van der Waals surface area (Å²) in [6, 6.07) is 14.4. The van der Waals surface area contributed by atoms with Crippen LogP contribution in [0.4, 0.5) is 0 Å². The average molecular weight is 241 g/mol. The molecule has 0 spiro atoms. The smallest absolute Gasteiger partial charge is 0.0989 e. The number of thiophene rings is 1. The van der Waals surface area contributed by atoms with Crippen LogP contribution in [-0.4, -0.2) is 15.0 Å². The number of benzene rings is 1. The SMILES string of the molecule is c1ccc(Cn2nncc2-c2cccs2)cc1.